The molecule has 1 unspecified atom stereocenters. The fourth-order valence-electron chi connectivity index (χ4n) is 2.12. The smallest absolute Gasteiger partial charge is 0.0661 e. The third-order valence-electron chi connectivity index (χ3n) is 2.98. The highest BCUT2D eigenvalue weighted by Gasteiger charge is 2.10. The molecule has 0 aliphatic heterocycles. The summed E-state index contributed by atoms with van der Waals surface area (Å²) in [7, 11) is 0. The zero-order valence-electron chi connectivity index (χ0n) is 12.0. The van der Waals surface area contributed by atoms with E-state index in [2.05, 4.69) is 50.4 Å². The van der Waals surface area contributed by atoms with Gasteiger partial charge in [0.25, 0.3) is 0 Å². The number of aryl methyl sites for hydroxylation is 1. The molecule has 0 fully saturated rings. The lowest BCUT2D eigenvalue weighted by molar-refractivity contribution is 0.112. The summed E-state index contributed by atoms with van der Waals surface area (Å²) in [6.45, 7) is 9.08. The number of ether oxygens (including phenoxy) is 1. The summed E-state index contributed by atoms with van der Waals surface area (Å²) in [4.78, 5) is 0. The quantitative estimate of drug-likeness (QED) is 0.674. The largest absolute Gasteiger partial charge is 0.379 e. The first-order chi connectivity index (χ1) is 8.81. The Bertz CT molecular complexity index is 325. The van der Waals surface area contributed by atoms with Crippen LogP contribution in [0.4, 0.5) is 0 Å². The third-order valence-corrected chi connectivity index (χ3v) is 2.98. The molecular formula is C16H27NO. The normalized spacial score (nSPS) is 12.6. The topological polar surface area (TPSA) is 21.3 Å². The van der Waals surface area contributed by atoms with Gasteiger partial charge in [0.15, 0.2) is 0 Å². The Labute approximate surface area is 112 Å². The van der Waals surface area contributed by atoms with E-state index in [1.807, 2.05) is 0 Å². The molecule has 0 spiro atoms. The zero-order chi connectivity index (χ0) is 13.2. The number of benzene rings is 1. The summed E-state index contributed by atoms with van der Waals surface area (Å²) in [5, 5.41) is 3.50. The van der Waals surface area contributed by atoms with E-state index < -0.39 is 0 Å². The van der Waals surface area contributed by atoms with Crippen molar-refractivity contribution in [2.75, 3.05) is 19.8 Å². The summed E-state index contributed by atoms with van der Waals surface area (Å²) in [6.07, 6.45) is 3.43. The van der Waals surface area contributed by atoms with Crippen LogP contribution in [0.2, 0.25) is 0 Å². The Morgan fingerprint density at radius 3 is 2.67 bits per heavy atom. The van der Waals surface area contributed by atoms with E-state index in [1.54, 1.807) is 0 Å². The molecular weight excluding hydrogens is 222 g/mol. The maximum atomic E-state index is 5.69. The van der Waals surface area contributed by atoms with Crippen LogP contribution in [-0.2, 0) is 11.2 Å². The molecule has 0 radical (unpaired) electrons. The molecule has 0 bridgehead atoms. The predicted molar refractivity (Wildman–Crippen MR) is 78.0 cm³/mol. The highest BCUT2D eigenvalue weighted by atomic mass is 16.5. The monoisotopic (exact) mass is 249 g/mol. The van der Waals surface area contributed by atoms with Gasteiger partial charge in [-0.15, -0.1) is 0 Å². The number of hydrogen-bond acceptors (Lipinski definition) is 2. The number of likely N-dealkylation sites (N-methyl/N-ethyl adjacent to an activating group) is 1. The fourth-order valence-corrected chi connectivity index (χ4v) is 2.12. The Morgan fingerprint density at radius 1 is 1.17 bits per heavy atom. The first-order valence-electron chi connectivity index (χ1n) is 7.21. The van der Waals surface area contributed by atoms with Gasteiger partial charge in [0.2, 0.25) is 0 Å². The molecule has 1 rings (SSSR count). The summed E-state index contributed by atoms with van der Waals surface area (Å²) >= 11 is 0. The molecule has 2 heteroatoms. The second-order valence-electron chi connectivity index (χ2n) is 4.68. The molecule has 0 aromatic heterocycles. The molecule has 18 heavy (non-hydrogen) atoms. The van der Waals surface area contributed by atoms with Crippen molar-refractivity contribution in [3.05, 3.63) is 35.4 Å². The van der Waals surface area contributed by atoms with Crippen LogP contribution in [0.1, 0.15) is 50.8 Å². The van der Waals surface area contributed by atoms with Crippen LogP contribution in [0.5, 0.6) is 0 Å². The molecule has 0 aliphatic rings. The first-order valence-corrected chi connectivity index (χ1v) is 7.21. The molecule has 102 valence electrons. The van der Waals surface area contributed by atoms with Gasteiger partial charge in [0, 0.05) is 6.61 Å². The molecule has 1 aromatic rings. The second-order valence-corrected chi connectivity index (χ2v) is 4.68. The van der Waals surface area contributed by atoms with Gasteiger partial charge in [0.05, 0.1) is 12.6 Å². The molecule has 1 N–H and O–H groups in total. The van der Waals surface area contributed by atoms with Crippen LogP contribution in [0, 0.1) is 0 Å². The molecule has 0 heterocycles. The number of rotatable bonds is 9. The standard InChI is InChI=1S/C16H27NO/c1-4-8-14-9-7-10-15(12-14)16(17-6-3)13-18-11-5-2/h7,9-10,12,16-17H,4-6,8,11,13H2,1-3H3. The summed E-state index contributed by atoms with van der Waals surface area (Å²) in [5.41, 5.74) is 2.77. The predicted octanol–water partition coefficient (Wildman–Crippen LogP) is 3.72. The zero-order valence-corrected chi connectivity index (χ0v) is 12.0. The van der Waals surface area contributed by atoms with E-state index in [-0.39, 0.29) is 0 Å². The van der Waals surface area contributed by atoms with Crippen molar-refractivity contribution in [3.8, 4) is 0 Å². The van der Waals surface area contributed by atoms with Crippen molar-refractivity contribution in [2.45, 2.75) is 46.1 Å². The molecule has 0 aliphatic carbocycles. The number of hydrogen-bond donors (Lipinski definition) is 1. The van der Waals surface area contributed by atoms with Crippen molar-refractivity contribution in [1.82, 2.24) is 5.32 Å². The first kappa shape index (κ1) is 15.2. The summed E-state index contributed by atoms with van der Waals surface area (Å²) in [5.74, 6) is 0. The van der Waals surface area contributed by atoms with Crippen LogP contribution in [0.25, 0.3) is 0 Å². The Balaban J connectivity index is 2.67. The second kappa shape index (κ2) is 9.12. The average molecular weight is 249 g/mol. The van der Waals surface area contributed by atoms with Gasteiger partial charge in [-0.25, -0.2) is 0 Å². The SMILES string of the molecule is CCCOCC(NCC)c1cccc(CCC)c1. The highest BCUT2D eigenvalue weighted by Crippen LogP contribution is 2.16. The average Bonchev–Trinajstić information content (AvgIpc) is 2.39. The minimum absolute atomic E-state index is 0.318. The van der Waals surface area contributed by atoms with Crippen molar-refractivity contribution in [2.24, 2.45) is 0 Å². The molecule has 0 saturated carbocycles. The maximum absolute atomic E-state index is 5.69. The number of nitrogens with one attached hydrogen (secondary N) is 1. The van der Waals surface area contributed by atoms with Gasteiger partial charge in [-0.2, -0.15) is 0 Å². The van der Waals surface area contributed by atoms with Gasteiger partial charge in [-0.1, -0.05) is 51.5 Å². The van der Waals surface area contributed by atoms with E-state index in [0.29, 0.717) is 6.04 Å². The Hall–Kier alpha value is -0.860. The van der Waals surface area contributed by atoms with Gasteiger partial charge < -0.3 is 10.1 Å². The van der Waals surface area contributed by atoms with Gasteiger partial charge in [-0.3, -0.25) is 0 Å². The summed E-state index contributed by atoms with van der Waals surface area (Å²) in [6, 6.07) is 9.19. The van der Waals surface area contributed by atoms with Crippen molar-refractivity contribution >= 4 is 0 Å². The minimum Gasteiger partial charge on any atom is -0.379 e. The molecule has 1 aromatic carbocycles. The lowest BCUT2D eigenvalue weighted by atomic mass is 10.0. The van der Waals surface area contributed by atoms with Crippen LogP contribution in [0.3, 0.4) is 0 Å². The van der Waals surface area contributed by atoms with Gasteiger partial charge >= 0.3 is 0 Å². The van der Waals surface area contributed by atoms with E-state index in [4.69, 9.17) is 4.74 Å². The highest BCUT2D eigenvalue weighted by molar-refractivity contribution is 5.26. The van der Waals surface area contributed by atoms with Gasteiger partial charge in [-0.05, 0) is 30.5 Å². The van der Waals surface area contributed by atoms with Crippen molar-refractivity contribution in [1.29, 1.82) is 0 Å². The van der Waals surface area contributed by atoms with Crippen LogP contribution in [-0.4, -0.2) is 19.8 Å². The van der Waals surface area contributed by atoms with E-state index >= 15 is 0 Å². The van der Waals surface area contributed by atoms with Crippen LogP contribution >= 0.6 is 0 Å². The maximum Gasteiger partial charge on any atom is 0.0661 e. The van der Waals surface area contributed by atoms with E-state index in [1.165, 1.54) is 17.5 Å². The Morgan fingerprint density at radius 2 is 2.00 bits per heavy atom. The Kier molecular flexibility index (Phi) is 7.70. The van der Waals surface area contributed by atoms with E-state index in [9.17, 15) is 0 Å². The van der Waals surface area contributed by atoms with Crippen molar-refractivity contribution < 1.29 is 4.74 Å². The lowest BCUT2D eigenvalue weighted by Gasteiger charge is -2.19. The van der Waals surface area contributed by atoms with E-state index in [0.717, 1.165) is 32.6 Å². The van der Waals surface area contributed by atoms with Crippen LogP contribution in [0.15, 0.2) is 24.3 Å². The summed E-state index contributed by atoms with van der Waals surface area (Å²) < 4.78 is 5.69. The van der Waals surface area contributed by atoms with Gasteiger partial charge in [0.1, 0.15) is 0 Å². The van der Waals surface area contributed by atoms with Crippen LogP contribution < -0.4 is 5.32 Å². The molecule has 1 atom stereocenters. The molecule has 0 amide bonds. The fraction of sp³-hybridized carbons (Fsp3) is 0.625. The molecule has 0 saturated heterocycles. The van der Waals surface area contributed by atoms with Crippen molar-refractivity contribution in [3.63, 3.8) is 0 Å². The lowest BCUT2D eigenvalue weighted by Crippen LogP contribution is -2.25. The molecule has 2 nitrogen and oxygen atoms in total. The third kappa shape index (κ3) is 5.19. The minimum atomic E-state index is 0.318.